The van der Waals surface area contributed by atoms with Crippen molar-refractivity contribution in [2.45, 2.75) is 32.9 Å². The molecule has 0 saturated carbocycles. The van der Waals surface area contributed by atoms with Crippen LogP contribution in [-0.2, 0) is 11.3 Å². The predicted molar refractivity (Wildman–Crippen MR) is 85.5 cm³/mol. The van der Waals surface area contributed by atoms with Crippen molar-refractivity contribution in [3.8, 4) is 0 Å². The maximum atomic E-state index is 6.23. The Morgan fingerprint density at radius 2 is 2.05 bits per heavy atom. The molecule has 1 N–H and O–H groups in total. The minimum Gasteiger partial charge on any atom is -0.379 e. The van der Waals surface area contributed by atoms with Gasteiger partial charge in [0, 0.05) is 36.8 Å². The minimum atomic E-state index is 0.323. The van der Waals surface area contributed by atoms with Crippen LogP contribution in [0.1, 0.15) is 20.3 Å². The first-order chi connectivity index (χ1) is 9.68. The lowest BCUT2D eigenvalue weighted by atomic mass is 10.2. The van der Waals surface area contributed by atoms with Crippen LogP contribution in [0, 0.1) is 0 Å². The number of fused-ring (bicyclic) bond motifs is 1. The summed E-state index contributed by atoms with van der Waals surface area (Å²) in [6.45, 7) is 7.81. The van der Waals surface area contributed by atoms with Gasteiger partial charge in [0.15, 0.2) is 0 Å². The Morgan fingerprint density at radius 3 is 2.85 bits per heavy atom. The van der Waals surface area contributed by atoms with Gasteiger partial charge in [-0.25, -0.2) is 0 Å². The number of rotatable bonds is 8. The summed E-state index contributed by atoms with van der Waals surface area (Å²) in [5.74, 6) is 0. The molecule has 0 unspecified atom stereocenters. The molecule has 0 aliphatic rings. The summed E-state index contributed by atoms with van der Waals surface area (Å²) in [6.07, 6.45) is 3.38. The molecule has 0 aliphatic heterocycles. The summed E-state index contributed by atoms with van der Waals surface area (Å²) < 4.78 is 7.71. The number of aromatic nitrogens is 1. The summed E-state index contributed by atoms with van der Waals surface area (Å²) >= 11 is 6.23. The van der Waals surface area contributed by atoms with E-state index in [0.29, 0.717) is 6.10 Å². The molecule has 4 heteroatoms. The monoisotopic (exact) mass is 294 g/mol. The van der Waals surface area contributed by atoms with Crippen LogP contribution < -0.4 is 5.32 Å². The van der Waals surface area contributed by atoms with E-state index in [0.717, 1.165) is 43.1 Å². The van der Waals surface area contributed by atoms with Gasteiger partial charge in [-0.3, -0.25) is 0 Å². The molecule has 0 fully saturated rings. The van der Waals surface area contributed by atoms with Crippen LogP contribution >= 0.6 is 11.6 Å². The zero-order chi connectivity index (χ0) is 14.4. The molecule has 0 spiro atoms. The first kappa shape index (κ1) is 15.4. The lowest BCUT2D eigenvalue weighted by Gasteiger charge is -2.09. The zero-order valence-electron chi connectivity index (χ0n) is 12.2. The third-order valence-corrected chi connectivity index (χ3v) is 3.52. The van der Waals surface area contributed by atoms with Crippen LogP contribution in [-0.4, -0.2) is 30.4 Å². The molecule has 0 bridgehead atoms. The van der Waals surface area contributed by atoms with Crippen molar-refractivity contribution in [2.75, 3.05) is 19.7 Å². The van der Waals surface area contributed by atoms with Crippen LogP contribution in [0.5, 0.6) is 0 Å². The number of nitrogens with one attached hydrogen (secondary N) is 1. The normalized spacial score (nSPS) is 11.6. The van der Waals surface area contributed by atoms with Crippen molar-refractivity contribution in [2.24, 2.45) is 0 Å². The average Bonchev–Trinajstić information content (AvgIpc) is 2.75. The fourth-order valence-corrected chi connectivity index (χ4v) is 2.51. The van der Waals surface area contributed by atoms with Gasteiger partial charge in [0.05, 0.1) is 11.1 Å². The Morgan fingerprint density at radius 1 is 1.25 bits per heavy atom. The smallest absolute Gasteiger partial charge is 0.0661 e. The van der Waals surface area contributed by atoms with E-state index in [9.17, 15) is 0 Å². The molecule has 0 aliphatic carbocycles. The predicted octanol–water partition coefficient (Wildman–Crippen LogP) is 3.70. The lowest BCUT2D eigenvalue weighted by molar-refractivity contribution is 0.0771. The second-order valence-electron chi connectivity index (χ2n) is 5.21. The molecule has 2 rings (SSSR count). The largest absolute Gasteiger partial charge is 0.379 e. The second-order valence-corrected chi connectivity index (χ2v) is 5.62. The van der Waals surface area contributed by atoms with Crippen LogP contribution in [0.25, 0.3) is 10.9 Å². The fraction of sp³-hybridized carbons (Fsp3) is 0.500. The van der Waals surface area contributed by atoms with Crippen LogP contribution in [0.2, 0.25) is 5.02 Å². The van der Waals surface area contributed by atoms with Crippen molar-refractivity contribution < 1.29 is 4.74 Å². The van der Waals surface area contributed by atoms with E-state index in [2.05, 4.69) is 35.9 Å². The first-order valence-electron chi connectivity index (χ1n) is 7.24. The van der Waals surface area contributed by atoms with Crippen molar-refractivity contribution in [1.82, 2.24) is 9.88 Å². The summed E-state index contributed by atoms with van der Waals surface area (Å²) in [4.78, 5) is 0. The quantitative estimate of drug-likeness (QED) is 0.751. The van der Waals surface area contributed by atoms with Gasteiger partial charge in [-0.15, -0.1) is 0 Å². The van der Waals surface area contributed by atoms with Crippen molar-refractivity contribution in [1.29, 1.82) is 0 Å². The summed E-state index contributed by atoms with van der Waals surface area (Å²) in [5, 5.41) is 5.39. The van der Waals surface area contributed by atoms with Gasteiger partial charge in [-0.2, -0.15) is 0 Å². The highest BCUT2D eigenvalue weighted by molar-refractivity contribution is 6.35. The Labute approximate surface area is 125 Å². The highest BCUT2D eigenvalue weighted by atomic mass is 35.5. The average molecular weight is 295 g/mol. The second kappa shape index (κ2) is 7.67. The van der Waals surface area contributed by atoms with Crippen LogP contribution in [0.15, 0.2) is 30.5 Å². The zero-order valence-corrected chi connectivity index (χ0v) is 13.0. The number of para-hydroxylation sites is 1. The molecule has 1 aromatic heterocycles. The van der Waals surface area contributed by atoms with Gasteiger partial charge in [0.25, 0.3) is 0 Å². The summed E-state index contributed by atoms with van der Waals surface area (Å²) in [7, 11) is 0. The first-order valence-corrected chi connectivity index (χ1v) is 7.62. The van der Waals surface area contributed by atoms with Gasteiger partial charge >= 0.3 is 0 Å². The van der Waals surface area contributed by atoms with Crippen LogP contribution in [0.4, 0.5) is 0 Å². The molecule has 1 aromatic carbocycles. The molecule has 1 heterocycles. The molecule has 2 aromatic rings. The third kappa shape index (κ3) is 4.23. The molecular formula is C16H23ClN2O. The number of hydrogen-bond acceptors (Lipinski definition) is 2. The highest BCUT2D eigenvalue weighted by Gasteiger charge is 2.05. The van der Waals surface area contributed by atoms with Gasteiger partial charge in [0.2, 0.25) is 0 Å². The molecule has 0 radical (unpaired) electrons. The summed E-state index contributed by atoms with van der Waals surface area (Å²) in [6, 6.07) is 8.24. The van der Waals surface area contributed by atoms with Gasteiger partial charge in [-0.1, -0.05) is 29.8 Å². The topological polar surface area (TPSA) is 26.2 Å². The van der Waals surface area contributed by atoms with Gasteiger partial charge in [0.1, 0.15) is 0 Å². The Bertz CT molecular complexity index is 536. The number of nitrogens with zero attached hydrogens (tertiary/aromatic N) is 1. The molecule has 110 valence electrons. The van der Waals surface area contributed by atoms with E-state index in [1.54, 1.807) is 0 Å². The maximum Gasteiger partial charge on any atom is 0.0661 e. The van der Waals surface area contributed by atoms with E-state index in [1.165, 1.54) is 5.52 Å². The number of hydrogen-bond donors (Lipinski definition) is 1. The lowest BCUT2D eigenvalue weighted by Crippen LogP contribution is -2.22. The minimum absolute atomic E-state index is 0.323. The Balaban J connectivity index is 1.74. The molecule has 0 saturated heterocycles. The van der Waals surface area contributed by atoms with Gasteiger partial charge < -0.3 is 14.6 Å². The highest BCUT2D eigenvalue weighted by Crippen LogP contribution is 2.25. The fourth-order valence-electron chi connectivity index (χ4n) is 2.23. The van der Waals surface area contributed by atoms with E-state index in [1.807, 2.05) is 18.3 Å². The molecular weight excluding hydrogens is 272 g/mol. The number of benzene rings is 1. The third-order valence-electron chi connectivity index (χ3n) is 3.22. The standard InChI is InChI=1S/C16H23ClN2O/c1-13(2)20-11-5-8-18-9-10-19-12-15(17)14-6-3-4-7-16(14)19/h3-4,6-7,12-13,18H,5,8-11H2,1-2H3. The van der Waals surface area contributed by atoms with Gasteiger partial charge in [-0.05, 0) is 32.9 Å². The van der Waals surface area contributed by atoms with Crippen molar-refractivity contribution >= 4 is 22.5 Å². The molecule has 0 atom stereocenters. The number of ether oxygens (including phenoxy) is 1. The molecule has 20 heavy (non-hydrogen) atoms. The Kier molecular flexibility index (Phi) is 5.89. The SMILES string of the molecule is CC(C)OCCCNCCn1cc(Cl)c2ccccc21. The van der Waals surface area contributed by atoms with Crippen molar-refractivity contribution in [3.63, 3.8) is 0 Å². The molecule has 3 nitrogen and oxygen atoms in total. The van der Waals surface area contributed by atoms with E-state index in [4.69, 9.17) is 16.3 Å². The number of halogens is 1. The van der Waals surface area contributed by atoms with Crippen molar-refractivity contribution in [3.05, 3.63) is 35.5 Å². The summed E-state index contributed by atoms with van der Waals surface area (Å²) in [5.41, 5.74) is 1.20. The molecule has 0 amide bonds. The van der Waals surface area contributed by atoms with E-state index < -0.39 is 0 Å². The van der Waals surface area contributed by atoms with E-state index in [-0.39, 0.29) is 0 Å². The van der Waals surface area contributed by atoms with E-state index >= 15 is 0 Å². The Hall–Kier alpha value is -1.03. The van der Waals surface area contributed by atoms with Crippen LogP contribution in [0.3, 0.4) is 0 Å². The maximum absolute atomic E-state index is 6.23.